The number of rotatable bonds is 3. The van der Waals surface area contributed by atoms with Crippen molar-refractivity contribution in [2.24, 2.45) is 0 Å². The second-order valence-electron chi connectivity index (χ2n) is 3.79. The maximum atomic E-state index is 13.3. The van der Waals surface area contributed by atoms with Gasteiger partial charge in [0.1, 0.15) is 18.2 Å². The minimum atomic E-state index is -0.241. The predicted octanol–water partition coefficient (Wildman–Crippen LogP) is 4.48. The molecular formula is C14H12BrFO. The van der Waals surface area contributed by atoms with Gasteiger partial charge in [-0.2, -0.15) is 0 Å². The van der Waals surface area contributed by atoms with E-state index < -0.39 is 0 Å². The Hall–Kier alpha value is -1.35. The Morgan fingerprint density at radius 3 is 2.65 bits per heavy atom. The Labute approximate surface area is 108 Å². The van der Waals surface area contributed by atoms with Crippen LogP contribution in [0.1, 0.15) is 11.1 Å². The standard InChI is InChI=1S/C14H12BrFO/c1-10-6-7-12(8-14(10)16)17-9-11-4-2-3-5-13(11)15/h2-8H,9H2,1H3. The Kier molecular flexibility index (Phi) is 3.79. The average Bonchev–Trinajstić information content (AvgIpc) is 2.32. The Balaban J connectivity index is 2.08. The van der Waals surface area contributed by atoms with Crippen LogP contribution >= 0.6 is 15.9 Å². The Bertz CT molecular complexity index is 525. The molecule has 2 aromatic rings. The SMILES string of the molecule is Cc1ccc(OCc2ccccc2Br)cc1F. The molecule has 0 aliphatic rings. The molecule has 0 bridgehead atoms. The van der Waals surface area contributed by atoms with Crippen LogP contribution in [0.5, 0.6) is 5.75 Å². The maximum Gasteiger partial charge on any atom is 0.129 e. The van der Waals surface area contributed by atoms with Crippen molar-refractivity contribution in [2.75, 3.05) is 0 Å². The molecule has 0 atom stereocenters. The summed E-state index contributed by atoms with van der Waals surface area (Å²) in [5, 5.41) is 0. The van der Waals surface area contributed by atoms with E-state index in [0.717, 1.165) is 10.0 Å². The summed E-state index contributed by atoms with van der Waals surface area (Å²) >= 11 is 3.44. The maximum absolute atomic E-state index is 13.3. The van der Waals surface area contributed by atoms with E-state index in [1.165, 1.54) is 6.07 Å². The third-order valence-electron chi connectivity index (χ3n) is 2.50. The van der Waals surface area contributed by atoms with Crippen molar-refractivity contribution in [2.45, 2.75) is 13.5 Å². The monoisotopic (exact) mass is 294 g/mol. The predicted molar refractivity (Wildman–Crippen MR) is 69.6 cm³/mol. The lowest BCUT2D eigenvalue weighted by molar-refractivity contribution is 0.303. The lowest BCUT2D eigenvalue weighted by Crippen LogP contribution is -1.97. The van der Waals surface area contributed by atoms with Gasteiger partial charge in [0.05, 0.1) is 0 Å². The van der Waals surface area contributed by atoms with Crippen LogP contribution < -0.4 is 4.74 Å². The molecule has 0 saturated carbocycles. The van der Waals surface area contributed by atoms with E-state index in [1.807, 2.05) is 24.3 Å². The molecule has 0 radical (unpaired) electrons. The zero-order chi connectivity index (χ0) is 12.3. The molecule has 3 heteroatoms. The summed E-state index contributed by atoms with van der Waals surface area (Å²) in [6.45, 7) is 2.15. The molecule has 0 heterocycles. The van der Waals surface area contributed by atoms with Crippen LogP contribution in [0.4, 0.5) is 4.39 Å². The Morgan fingerprint density at radius 2 is 1.94 bits per heavy atom. The zero-order valence-corrected chi connectivity index (χ0v) is 11.0. The molecular weight excluding hydrogens is 283 g/mol. The van der Waals surface area contributed by atoms with Crippen molar-refractivity contribution in [1.82, 2.24) is 0 Å². The van der Waals surface area contributed by atoms with Crippen molar-refractivity contribution in [3.05, 3.63) is 63.9 Å². The van der Waals surface area contributed by atoms with Crippen molar-refractivity contribution >= 4 is 15.9 Å². The van der Waals surface area contributed by atoms with Crippen LogP contribution in [0.25, 0.3) is 0 Å². The first-order valence-corrected chi connectivity index (χ1v) is 6.08. The average molecular weight is 295 g/mol. The lowest BCUT2D eigenvalue weighted by Gasteiger charge is -2.08. The second kappa shape index (κ2) is 5.32. The van der Waals surface area contributed by atoms with E-state index in [2.05, 4.69) is 15.9 Å². The quantitative estimate of drug-likeness (QED) is 0.811. The molecule has 0 aromatic heterocycles. The smallest absolute Gasteiger partial charge is 0.129 e. The van der Waals surface area contributed by atoms with Crippen LogP contribution in [0, 0.1) is 12.7 Å². The first kappa shape index (κ1) is 12.1. The summed E-state index contributed by atoms with van der Waals surface area (Å²) in [4.78, 5) is 0. The van der Waals surface area contributed by atoms with Gasteiger partial charge in [-0.3, -0.25) is 0 Å². The summed E-state index contributed by atoms with van der Waals surface area (Å²) in [5.41, 5.74) is 1.66. The van der Waals surface area contributed by atoms with Gasteiger partial charge in [-0.25, -0.2) is 4.39 Å². The first-order valence-electron chi connectivity index (χ1n) is 5.29. The number of aryl methyl sites for hydroxylation is 1. The van der Waals surface area contributed by atoms with Crippen molar-refractivity contribution in [3.63, 3.8) is 0 Å². The van der Waals surface area contributed by atoms with Crippen LogP contribution in [0.3, 0.4) is 0 Å². The molecule has 1 nitrogen and oxygen atoms in total. The number of halogens is 2. The van der Waals surface area contributed by atoms with E-state index in [1.54, 1.807) is 19.1 Å². The lowest BCUT2D eigenvalue weighted by atomic mass is 10.2. The van der Waals surface area contributed by atoms with Crippen LogP contribution in [0.15, 0.2) is 46.9 Å². The summed E-state index contributed by atoms with van der Waals surface area (Å²) < 4.78 is 19.8. The van der Waals surface area contributed by atoms with E-state index in [4.69, 9.17) is 4.74 Å². The number of ether oxygens (including phenoxy) is 1. The summed E-state index contributed by atoms with van der Waals surface area (Å²) in [6, 6.07) is 12.7. The van der Waals surface area contributed by atoms with Gasteiger partial charge in [-0.1, -0.05) is 40.2 Å². The van der Waals surface area contributed by atoms with Gasteiger partial charge in [0.25, 0.3) is 0 Å². The third-order valence-corrected chi connectivity index (χ3v) is 3.27. The minimum Gasteiger partial charge on any atom is -0.489 e. The van der Waals surface area contributed by atoms with Gasteiger partial charge in [0, 0.05) is 16.1 Å². The largest absolute Gasteiger partial charge is 0.489 e. The highest BCUT2D eigenvalue weighted by molar-refractivity contribution is 9.10. The molecule has 17 heavy (non-hydrogen) atoms. The fourth-order valence-corrected chi connectivity index (χ4v) is 1.84. The van der Waals surface area contributed by atoms with Crippen LogP contribution in [-0.4, -0.2) is 0 Å². The van der Waals surface area contributed by atoms with E-state index in [0.29, 0.717) is 17.9 Å². The normalized spacial score (nSPS) is 10.3. The summed E-state index contributed by atoms with van der Waals surface area (Å²) in [5.74, 6) is 0.304. The molecule has 0 spiro atoms. The molecule has 2 aromatic carbocycles. The van der Waals surface area contributed by atoms with Gasteiger partial charge in [0.15, 0.2) is 0 Å². The second-order valence-corrected chi connectivity index (χ2v) is 4.65. The van der Waals surface area contributed by atoms with Gasteiger partial charge in [-0.05, 0) is 24.6 Å². The van der Waals surface area contributed by atoms with Crippen LogP contribution in [-0.2, 0) is 6.61 Å². The van der Waals surface area contributed by atoms with Crippen LogP contribution in [0.2, 0.25) is 0 Å². The fraction of sp³-hybridized carbons (Fsp3) is 0.143. The molecule has 0 saturated heterocycles. The molecule has 0 amide bonds. The molecule has 0 unspecified atom stereocenters. The first-order chi connectivity index (χ1) is 8.16. The highest BCUT2D eigenvalue weighted by Crippen LogP contribution is 2.20. The third kappa shape index (κ3) is 3.07. The topological polar surface area (TPSA) is 9.23 Å². The van der Waals surface area contributed by atoms with Gasteiger partial charge < -0.3 is 4.74 Å². The highest BCUT2D eigenvalue weighted by atomic mass is 79.9. The van der Waals surface area contributed by atoms with E-state index in [9.17, 15) is 4.39 Å². The van der Waals surface area contributed by atoms with Gasteiger partial charge >= 0.3 is 0 Å². The number of hydrogen-bond acceptors (Lipinski definition) is 1. The molecule has 0 aliphatic heterocycles. The molecule has 0 aliphatic carbocycles. The number of benzene rings is 2. The molecule has 0 N–H and O–H groups in total. The zero-order valence-electron chi connectivity index (χ0n) is 9.41. The number of hydrogen-bond donors (Lipinski definition) is 0. The van der Waals surface area contributed by atoms with Crippen molar-refractivity contribution in [1.29, 1.82) is 0 Å². The highest BCUT2D eigenvalue weighted by Gasteiger charge is 2.02. The summed E-state index contributed by atoms with van der Waals surface area (Å²) in [6.07, 6.45) is 0. The van der Waals surface area contributed by atoms with Crippen molar-refractivity contribution < 1.29 is 9.13 Å². The molecule has 88 valence electrons. The Morgan fingerprint density at radius 1 is 1.18 bits per heavy atom. The van der Waals surface area contributed by atoms with Crippen molar-refractivity contribution in [3.8, 4) is 5.75 Å². The summed E-state index contributed by atoms with van der Waals surface area (Å²) in [7, 11) is 0. The van der Waals surface area contributed by atoms with E-state index in [-0.39, 0.29) is 5.82 Å². The fourth-order valence-electron chi connectivity index (χ4n) is 1.44. The van der Waals surface area contributed by atoms with Gasteiger partial charge in [0.2, 0.25) is 0 Å². The minimum absolute atomic E-state index is 0.241. The molecule has 2 rings (SSSR count). The molecule has 0 fully saturated rings. The van der Waals surface area contributed by atoms with Gasteiger partial charge in [-0.15, -0.1) is 0 Å². The van der Waals surface area contributed by atoms with E-state index >= 15 is 0 Å².